The SMILES string of the molecule is CC1C2C(c3ccsc3)=CCC(c3ccccc3)C2(C(=O)O)CN1Cc1ccccc1. The average Bonchev–Trinajstić information content (AvgIpc) is 3.43. The lowest BCUT2D eigenvalue weighted by molar-refractivity contribution is -0.151. The molecule has 0 saturated carbocycles. The van der Waals surface area contributed by atoms with Crippen LogP contribution in [0.2, 0.25) is 0 Å². The fourth-order valence-corrected chi connectivity index (χ4v) is 6.54. The van der Waals surface area contributed by atoms with E-state index in [9.17, 15) is 9.90 Å². The number of aliphatic carboxylic acids is 1. The zero-order chi connectivity index (χ0) is 21.4. The predicted molar refractivity (Wildman–Crippen MR) is 126 cm³/mol. The number of nitrogens with zero attached hydrogens (tertiary/aromatic N) is 1. The Balaban J connectivity index is 1.63. The molecule has 1 aromatic heterocycles. The minimum absolute atomic E-state index is 0.0400. The molecule has 4 unspecified atom stereocenters. The van der Waals surface area contributed by atoms with Gasteiger partial charge in [-0.25, -0.2) is 0 Å². The first-order valence-electron chi connectivity index (χ1n) is 10.9. The van der Waals surface area contributed by atoms with Gasteiger partial charge in [-0.05, 0) is 52.4 Å². The van der Waals surface area contributed by atoms with Gasteiger partial charge >= 0.3 is 5.97 Å². The Morgan fingerprint density at radius 1 is 1.10 bits per heavy atom. The summed E-state index contributed by atoms with van der Waals surface area (Å²) in [5.74, 6) is -0.765. The number of hydrogen-bond acceptors (Lipinski definition) is 3. The van der Waals surface area contributed by atoms with Gasteiger partial charge in [0.1, 0.15) is 0 Å². The third-order valence-electron chi connectivity index (χ3n) is 7.29. The molecule has 4 heteroatoms. The molecule has 1 aliphatic carbocycles. The van der Waals surface area contributed by atoms with Crippen molar-refractivity contribution in [3.05, 3.63) is 100 Å². The minimum Gasteiger partial charge on any atom is -0.481 e. The highest BCUT2D eigenvalue weighted by Crippen LogP contribution is 2.59. The number of allylic oxidation sites excluding steroid dienone is 1. The van der Waals surface area contributed by atoms with Crippen molar-refractivity contribution >= 4 is 22.9 Å². The summed E-state index contributed by atoms with van der Waals surface area (Å²) in [6, 6.07) is 22.9. The van der Waals surface area contributed by atoms with E-state index in [2.05, 4.69) is 71.1 Å². The van der Waals surface area contributed by atoms with E-state index in [0.717, 1.165) is 18.5 Å². The first-order valence-corrected chi connectivity index (χ1v) is 11.8. The summed E-state index contributed by atoms with van der Waals surface area (Å²) >= 11 is 1.67. The Kier molecular flexibility index (Phi) is 5.28. The van der Waals surface area contributed by atoms with Crippen molar-refractivity contribution in [1.29, 1.82) is 0 Å². The largest absolute Gasteiger partial charge is 0.481 e. The van der Waals surface area contributed by atoms with Crippen molar-refractivity contribution in [3.63, 3.8) is 0 Å². The van der Waals surface area contributed by atoms with Crippen molar-refractivity contribution in [1.82, 2.24) is 4.90 Å². The van der Waals surface area contributed by atoms with E-state index < -0.39 is 11.4 Å². The minimum atomic E-state index is -0.846. The van der Waals surface area contributed by atoms with E-state index in [4.69, 9.17) is 0 Å². The van der Waals surface area contributed by atoms with Gasteiger partial charge in [0.05, 0.1) is 5.41 Å². The molecule has 3 aromatic rings. The lowest BCUT2D eigenvalue weighted by Gasteiger charge is -2.43. The van der Waals surface area contributed by atoms with Gasteiger partial charge < -0.3 is 5.11 Å². The number of rotatable bonds is 5. The summed E-state index contributed by atoms with van der Waals surface area (Å²) in [7, 11) is 0. The second-order valence-corrected chi connectivity index (χ2v) is 9.60. The van der Waals surface area contributed by atoms with E-state index >= 15 is 0 Å². The molecular formula is C27H27NO2S. The first-order chi connectivity index (χ1) is 15.1. The zero-order valence-electron chi connectivity index (χ0n) is 17.6. The number of likely N-dealkylation sites (tertiary alicyclic amines) is 1. The van der Waals surface area contributed by atoms with Crippen LogP contribution in [0.1, 0.15) is 36.0 Å². The Labute approximate surface area is 187 Å². The highest BCUT2D eigenvalue weighted by molar-refractivity contribution is 7.08. The van der Waals surface area contributed by atoms with E-state index in [1.165, 1.54) is 16.7 Å². The molecule has 4 atom stereocenters. The van der Waals surface area contributed by atoms with Gasteiger partial charge in [-0.15, -0.1) is 0 Å². The number of thiophene rings is 1. The Morgan fingerprint density at radius 3 is 2.45 bits per heavy atom. The summed E-state index contributed by atoms with van der Waals surface area (Å²) in [5, 5.41) is 15.0. The fourth-order valence-electron chi connectivity index (χ4n) is 5.88. The number of carboxylic acid groups (broad SMARTS) is 1. The summed E-state index contributed by atoms with van der Waals surface area (Å²) in [5.41, 5.74) is 3.90. The topological polar surface area (TPSA) is 40.5 Å². The second-order valence-electron chi connectivity index (χ2n) is 8.82. The summed E-state index contributed by atoms with van der Waals surface area (Å²) in [6.45, 7) is 3.54. The van der Waals surface area contributed by atoms with Gasteiger partial charge in [-0.3, -0.25) is 9.69 Å². The van der Waals surface area contributed by atoms with E-state index in [1.54, 1.807) is 11.3 Å². The molecule has 2 aromatic carbocycles. The molecule has 5 rings (SSSR count). The zero-order valence-corrected chi connectivity index (χ0v) is 18.5. The normalized spacial score (nSPS) is 28.2. The van der Waals surface area contributed by atoms with Gasteiger partial charge in [-0.1, -0.05) is 66.7 Å². The van der Waals surface area contributed by atoms with Crippen molar-refractivity contribution in [2.24, 2.45) is 11.3 Å². The number of carbonyl (C=O) groups is 1. The molecule has 2 aliphatic rings. The maximum absolute atomic E-state index is 13.1. The lowest BCUT2D eigenvalue weighted by atomic mass is 9.57. The van der Waals surface area contributed by atoms with E-state index in [-0.39, 0.29) is 17.9 Å². The monoisotopic (exact) mass is 429 g/mol. The van der Waals surface area contributed by atoms with Crippen LogP contribution >= 0.6 is 11.3 Å². The van der Waals surface area contributed by atoms with Gasteiger partial charge in [0.15, 0.2) is 0 Å². The molecule has 0 spiro atoms. The van der Waals surface area contributed by atoms with Crippen molar-refractivity contribution in [3.8, 4) is 0 Å². The number of carboxylic acids is 1. The molecule has 0 bridgehead atoms. The molecule has 0 amide bonds. The number of fused-ring (bicyclic) bond motifs is 1. The quantitative estimate of drug-likeness (QED) is 0.548. The summed E-state index contributed by atoms with van der Waals surface area (Å²) in [6.07, 6.45) is 3.07. The van der Waals surface area contributed by atoms with E-state index in [0.29, 0.717) is 6.54 Å². The van der Waals surface area contributed by atoms with Crippen LogP contribution in [-0.4, -0.2) is 28.6 Å². The van der Waals surface area contributed by atoms with Crippen molar-refractivity contribution in [2.75, 3.05) is 6.54 Å². The third-order valence-corrected chi connectivity index (χ3v) is 7.97. The molecule has 31 heavy (non-hydrogen) atoms. The molecule has 1 aliphatic heterocycles. The molecule has 1 fully saturated rings. The lowest BCUT2D eigenvalue weighted by Crippen LogP contribution is -2.47. The number of benzene rings is 2. The van der Waals surface area contributed by atoms with Gasteiger partial charge in [0, 0.05) is 31.0 Å². The maximum atomic E-state index is 13.1. The van der Waals surface area contributed by atoms with Crippen LogP contribution in [0.15, 0.2) is 83.6 Å². The summed E-state index contributed by atoms with van der Waals surface area (Å²) < 4.78 is 0. The average molecular weight is 430 g/mol. The van der Waals surface area contributed by atoms with Gasteiger partial charge in [0.25, 0.3) is 0 Å². The number of hydrogen-bond donors (Lipinski definition) is 1. The van der Waals surface area contributed by atoms with E-state index in [1.807, 2.05) is 24.3 Å². The molecule has 0 radical (unpaired) electrons. The molecule has 1 N–H and O–H groups in total. The molecule has 3 nitrogen and oxygen atoms in total. The fraction of sp³-hybridized carbons (Fsp3) is 0.296. The Hall–Kier alpha value is -2.69. The molecule has 1 saturated heterocycles. The smallest absolute Gasteiger partial charge is 0.312 e. The Morgan fingerprint density at radius 2 is 1.81 bits per heavy atom. The molecule has 158 valence electrons. The van der Waals surface area contributed by atoms with Crippen LogP contribution in [-0.2, 0) is 11.3 Å². The first kappa shape index (κ1) is 20.2. The van der Waals surface area contributed by atoms with Crippen LogP contribution in [0.5, 0.6) is 0 Å². The van der Waals surface area contributed by atoms with Gasteiger partial charge in [-0.2, -0.15) is 11.3 Å². The standard InChI is InChI=1S/C27H27NO2S/c1-19-25-23(22-14-15-31-17-22)12-13-24(21-10-6-3-7-11-21)27(25,26(29)30)18-28(19)16-20-8-4-2-5-9-20/h2-12,14-15,17,19,24-25H,13,16,18H2,1H3,(H,29,30). The van der Waals surface area contributed by atoms with Crippen LogP contribution in [0.3, 0.4) is 0 Å². The van der Waals surface area contributed by atoms with Crippen molar-refractivity contribution in [2.45, 2.75) is 31.8 Å². The van der Waals surface area contributed by atoms with Crippen LogP contribution in [0, 0.1) is 11.3 Å². The third kappa shape index (κ3) is 3.35. The second kappa shape index (κ2) is 8.10. The van der Waals surface area contributed by atoms with Crippen LogP contribution in [0.25, 0.3) is 5.57 Å². The highest BCUT2D eigenvalue weighted by Gasteiger charge is 2.62. The summed E-state index contributed by atoms with van der Waals surface area (Å²) in [4.78, 5) is 15.5. The molecule has 2 heterocycles. The molecular weight excluding hydrogens is 402 g/mol. The maximum Gasteiger partial charge on any atom is 0.312 e. The van der Waals surface area contributed by atoms with Crippen LogP contribution < -0.4 is 0 Å². The van der Waals surface area contributed by atoms with Crippen LogP contribution in [0.4, 0.5) is 0 Å². The van der Waals surface area contributed by atoms with Gasteiger partial charge in [0.2, 0.25) is 0 Å². The van der Waals surface area contributed by atoms with Crippen molar-refractivity contribution < 1.29 is 9.90 Å². The Bertz CT molecular complexity index is 1080. The predicted octanol–water partition coefficient (Wildman–Crippen LogP) is 5.91. The highest BCUT2D eigenvalue weighted by atomic mass is 32.1.